The Hall–Kier alpha value is -2.91. The molecule has 2 aliphatic rings. The molecule has 0 aromatic carbocycles. The number of thioether (sulfide) groups is 1. The molecule has 0 radical (unpaired) electrons. The molecule has 15 heteroatoms. The van der Waals surface area contributed by atoms with Crippen LogP contribution in [-0.4, -0.2) is 132 Å². The number of ether oxygens (including phenoxy) is 6. The van der Waals surface area contributed by atoms with Gasteiger partial charge >= 0.3 is 23.9 Å². The van der Waals surface area contributed by atoms with E-state index in [0.717, 1.165) is 75.1 Å². The first-order valence-electron chi connectivity index (χ1n) is 21.1. The Kier molecular flexibility index (Phi) is 26.6. The van der Waals surface area contributed by atoms with E-state index in [1.807, 2.05) is 19.0 Å². The maximum Gasteiger partial charge on any atom is 0.307 e. The number of hydrogen-bond acceptors (Lipinski definition) is 14. The summed E-state index contributed by atoms with van der Waals surface area (Å²) in [5.41, 5.74) is 0. The molecule has 0 aromatic heterocycles. The molecule has 328 valence electrons. The van der Waals surface area contributed by atoms with Gasteiger partial charge in [0.1, 0.15) is 19.8 Å². The fraction of sp³-hybridized carbons (Fsp3) is 0.857. The first-order valence-corrected chi connectivity index (χ1v) is 22.1. The Morgan fingerprint density at radius 2 is 1.04 bits per heavy atom. The number of esters is 4. The number of methoxy groups -OCH3 is 1. The molecule has 2 fully saturated rings. The van der Waals surface area contributed by atoms with Gasteiger partial charge in [-0.05, 0) is 63.6 Å². The number of carbonyl (C=O) groups excluding carboxylic acids is 6. The van der Waals surface area contributed by atoms with E-state index in [9.17, 15) is 28.8 Å². The van der Waals surface area contributed by atoms with Crippen molar-refractivity contribution in [1.29, 1.82) is 0 Å². The second-order valence-electron chi connectivity index (χ2n) is 16.4. The van der Waals surface area contributed by atoms with E-state index in [1.54, 1.807) is 0 Å². The molecule has 0 aliphatic heterocycles. The summed E-state index contributed by atoms with van der Waals surface area (Å²) in [4.78, 5) is 78.0. The van der Waals surface area contributed by atoms with E-state index < -0.39 is 17.9 Å². The van der Waals surface area contributed by atoms with E-state index in [0.29, 0.717) is 30.4 Å². The summed E-state index contributed by atoms with van der Waals surface area (Å²) >= 11 is 1.12. The topological polar surface area (TPSA) is 164 Å². The molecule has 1 amide bonds. The maximum atomic E-state index is 13.2. The van der Waals surface area contributed by atoms with Crippen molar-refractivity contribution in [3.8, 4) is 0 Å². The smallest absolute Gasteiger partial charge is 0.307 e. The van der Waals surface area contributed by atoms with Gasteiger partial charge in [-0.3, -0.25) is 28.8 Å². The van der Waals surface area contributed by atoms with Gasteiger partial charge in [-0.2, -0.15) is 0 Å². The highest BCUT2D eigenvalue weighted by atomic mass is 32.2. The van der Waals surface area contributed by atoms with Crippen LogP contribution in [0.2, 0.25) is 0 Å². The zero-order chi connectivity index (χ0) is 41.8. The van der Waals surface area contributed by atoms with E-state index in [-0.39, 0.29) is 95.1 Å². The normalized spacial score (nSPS) is 20.5. The number of hydrogen-bond donors (Lipinski definition) is 0. The van der Waals surface area contributed by atoms with E-state index in [1.165, 1.54) is 37.7 Å². The summed E-state index contributed by atoms with van der Waals surface area (Å²) in [7, 11) is 5.43. The highest BCUT2D eigenvalue weighted by Crippen LogP contribution is 2.32. The average molecular weight is 829 g/mol. The van der Waals surface area contributed by atoms with Crippen LogP contribution in [0.1, 0.15) is 110 Å². The summed E-state index contributed by atoms with van der Waals surface area (Å²) in [6.07, 6.45) is 12.1. The third kappa shape index (κ3) is 24.6. The molecule has 0 spiro atoms. The molecule has 2 unspecified atom stereocenters. The van der Waals surface area contributed by atoms with Crippen LogP contribution in [0.15, 0.2) is 0 Å². The van der Waals surface area contributed by atoms with Crippen LogP contribution in [0.3, 0.4) is 0 Å². The highest BCUT2D eigenvalue weighted by molar-refractivity contribution is 8.13. The van der Waals surface area contributed by atoms with Crippen molar-refractivity contribution < 1.29 is 57.2 Å². The van der Waals surface area contributed by atoms with Crippen LogP contribution in [0.25, 0.3) is 0 Å². The largest absolute Gasteiger partial charge is 0.467 e. The van der Waals surface area contributed by atoms with Crippen molar-refractivity contribution in [2.24, 2.45) is 35.5 Å². The lowest BCUT2D eigenvalue weighted by Crippen LogP contribution is -2.34. The Bertz CT molecular complexity index is 1170. The maximum absolute atomic E-state index is 13.2. The number of amides is 1. The molecule has 14 nitrogen and oxygen atoms in total. The van der Waals surface area contributed by atoms with Crippen molar-refractivity contribution in [2.75, 3.05) is 86.2 Å². The minimum atomic E-state index is -0.591. The Morgan fingerprint density at radius 1 is 0.614 bits per heavy atom. The molecule has 0 saturated heterocycles. The predicted octanol–water partition coefficient (Wildman–Crippen LogP) is 6.31. The number of nitrogens with zero attached hydrogens (tertiary/aromatic N) is 2. The van der Waals surface area contributed by atoms with Gasteiger partial charge < -0.3 is 38.2 Å². The van der Waals surface area contributed by atoms with E-state index in [4.69, 9.17) is 28.4 Å². The van der Waals surface area contributed by atoms with Gasteiger partial charge in [0.25, 0.3) is 11.7 Å². The van der Waals surface area contributed by atoms with Gasteiger partial charge in [0.15, 0.2) is 0 Å². The SMILES string of the molecule is COCC(COC(=O)CCC1CCC(C)CC1)COC(=O)CCN(CCC(=O)OCC(COC=O)COC(=O)CCC1CCC(C)CC1)C(=O)SCCCN(C)C. The quantitative estimate of drug-likeness (QED) is 0.0357. The molecule has 2 saturated carbocycles. The number of carbonyl (C=O) groups is 6. The second-order valence-corrected chi connectivity index (χ2v) is 17.5. The highest BCUT2D eigenvalue weighted by Gasteiger charge is 2.24. The van der Waals surface area contributed by atoms with Crippen LogP contribution < -0.4 is 0 Å². The molecule has 57 heavy (non-hydrogen) atoms. The molecular formula is C42H72N2O12S. The second kappa shape index (κ2) is 30.2. The van der Waals surface area contributed by atoms with Crippen molar-refractivity contribution in [3.05, 3.63) is 0 Å². The van der Waals surface area contributed by atoms with Crippen LogP contribution >= 0.6 is 11.8 Å². The van der Waals surface area contributed by atoms with Crippen LogP contribution in [0.5, 0.6) is 0 Å². The summed E-state index contributed by atoms with van der Waals surface area (Å²) in [6.45, 7) is 5.67. The van der Waals surface area contributed by atoms with Crippen molar-refractivity contribution >= 4 is 47.4 Å². The summed E-state index contributed by atoms with van der Waals surface area (Å²) in [6, 6.07) is 0. The first-order chi connectivity index (χ1) is 27.4. The van der Waals surface area contributed by atoms with Gasteiger partial charge in [0.05, 0.1) is 44.5 Å². The molecule has 2 aliphatic carbocycles. The molecule has 0 heterocycles. The monoisotopic (exact) mass is 828 g/mol. The van der Waals surface area contributed by atoms with Crippen LogP contribution in [-0.2, 0) is 52.4 Å². The molecular weight excluding hydrogens is 757 g/mol. The van der Waals surface area contributed by atoms with E-state index >= 15 is 0 Å². The van der Waals surface area contributed by atoms with Crippen LogP contribution in [0, 0.1) is 35.5 Å². The van der Waals surface area contributed by atoms with Gasteiger partial charge in [-0.25, -0.2) is 0 Å². The average Bonchev–Trinajstić information content (AvgIpc) is 3.19. The van der Waals surface area contributed by atoms with Gasteiger partial charge in [-0.15, -0.1) is 0 Å². The molecule has 0 aromatic rings. The fourth-order valence-electron chi connectivity index (χ4n) is 7.09. The summed E-state index contributed by atoms with van der Waals surface area (Å²) in [5, 5.41) is -0.270. The minimum absolute atomic E-state index is 0.00974. The third-order valence-electron chi connectivity index (χ3n) is 10.9. The van der Waals surface area contributed by atoms with Crippen molar-refractivity contribution in [2.45, 2.75) is 110 Å². The Balaban J connectivity index is 1.81. The van der Waals surface area contributed by atoms with Gasteiger partial charge in [0, 0.05) is 38.8 Å². The van der Waals surface area contributed by atoms with Crippen LogP contribution in [0.4, 0.5) is 4.79 Å². The van der Waals surface area contributed by atoms with Gasteiger partial charge in [0.2, 0.25) is 0 Å². The van der Waals surface area contributed by atoms with Crippen molar-refractivity contribution in [1.82, 2.24) is 9.80 Å². The minimum Gasteiger partial charge on any atom is -0.467 e. The third-order valence-corrected chi connectivity index (χ3v) is 11.9. The Morgan fingerprint density at radius 3 is 1.44 bits per heavy atom. The molecule has 0 bridgehead atoms. The van der Waals surface area contributed by atoms with Crippen molar-refractivity contribution in [3.63, 3.8) is 0 Å². The fourth-order valence-corrected chi connectivity index (χ4v) is 7.90. The lowest BCUT2D eigenvalue weighted by molar-refractivity contribution is -0.152. The van der Waals surface area contributed by atoms with Gasteiger partial charge in [-0.1, -0.05) is 77.0 Å². The molecule has 2 rings (SSSR count). The zero-order valence-electron chi connectivity index (χ0n) is 35.4. The first kappa shape index (κ1) is 50.2. The standard InChI is InChI=1S/C42H72N2O12S/c1-32-7-11-34(12-8-32)15-17-38(46)53-27-36(25-51-5)28-55-40(48)19-22-44(42(50)57-24-6-21-43(3)4)23-20-41(49)56-30-37(26-52-31-45)29-54-39(47)18-16-35-13-9-33(2)10-14-35/h31-37H,6-30H2,1-5H3. The lowest BCUT2D eigenvalue weighted by atomic mass is 9.81. The lowest BCUT2D eigenvalue weighted by Gasteiger charge is -2.25. The number of rotatable bonds is 29. The predicted molar refractivity (Wildman–Crippen MR) is 217 cm³/mol. The summed E-state index contributed by atoms with van der Waals surface area (Å²) < 4.78 is 32.0. The zero-order valence-corrected chi connectivity index (χ0v) is 36.2. The molecule has 0 N–H and O–H groups in total. The molecule has 2 atom stereocenters. The van der Waals surface area contributed by atoms with E-state index in [2.05, 4.69) is 13.8 Å². The Labute approximate surface area is 345 Å². The summed E-state index contributed by atoms with van der Waals surface area (Å²) in [5.74, 6) is 0.537.